The molecule has 2 aromatic carbocycles. The summed E-state index contributed by atoms with van der Waals surface area (Å²) in [5.41, 5.74) is 7.90. The maximum Gasteiger partial charge on any atom is 0.124 e. The molecule has 2 rings (SSSR count). The standard InChI is InChI=1S/C16H19NO2.ClH/c1-12(18)16(17)14-9-5-6-10-15(14)19-11-13-7-3-2-4-8-13;/h2-10,12,16,18H,11,17H2,1H3;1H/t12-,16-;/m1./s1. The zero-order valence-corrected chi connectivity index (χ0v) is 12.2. The summed E-state index contributed by atoms with van der Waals surface area (Å²) in [6.07, 6.45) is -0.610. The molecule has 0 aliphatic carbocycles. The number of para-hydroxylation sites is 1. The molecule has 20 heavy (non-hydrogen) atoms. The van der Waals surface area contributed by atoms with Crippen LogP contribution >= 0.6 is 12.4 Å². The maximum absolute atomic E-state index is 9.60. The van der Waals surface area contributed by atoms with Crippen molar-refractivity contribution in [1.29, 1.82) is 0 Å². The molecule has 0 heterocycles. The second-order valence-electron chi connectivity index (χ2n) is 4.58. The van der Waals surface area contributed by atoms with Crippen LogP contribution in [0.2, 0.25) is 0 Å². The minimum Gasteiger partial charge on any atom is -0.489 e. The molecule has 0 saturated heterocycles. The highest BCUT2D eigenvalue weighted by molar-refractivity contribution is 5.85. The second kappa shape index (κ2) is 7.90. The van der Waals surface area contributed by atoms with Crippen LogP contribution in [-0.2, 0) is 6.61 Å². The Morgan fingerprint density at radius 3 is 2.30 bits per heavy atom. The summed E-state index contributed by atoms with van der Waals surface area (Å²) < 4.78 is 5.80. The predicted molar refractivity (Wildman–Crippen MR) is 83.1 cm³/mol. The van der Waals surface area contributed by atoms with Crippen LogP contribution in [0.3, 0.4) is 0 Å². The third kappa shape index (κ3) is 4.23. The normalized spacial score (nSPS) is 13.2. The fourth-order valence-corrected chi connectivity index (χ4v) is 1.88. The lowest BCUT2D eigenvalue weighted by atomic mass is 10.0. The summed E-state index contributed by atoms with van der Waals surface area (Å²) in [6.45, 7) is 2.17. The van der Waals surface area contributed by atoms with Gasteiger partial charge in [0, 0.05) is 5.56 Å². The van der Waals surface area contributed by atoms with Crippen molar-refractivity contribution >= 4 is 12.4 Å². The minimum absolute atomic E-state index is 0. The number of aliphatic hydroxyl groups excluding tert-OH is 1. The van der Waals surface area contributed by atoms with Crippen LogP contribution in [0.4, 0.5) is 0 Å². The summed E-state index contributed by atoms with van der Waals surface area (Å²) in [7, 11) is 0. The van der Waals surface area contributed by atoms with Gasteiger partial charge >= 0.3 is 0 Å². The summed E-state index contributed by atoms with van der Waals surface area (Å²) in [6, 6.07) is 17.1. The van der Waals surface area contributed by atoms with E-state index in [0.29, 0.717) is 6.61 Å². The van der Waals surface area contributed by atoms with Gasteiger partial charge in [0.1, 0.15) is 12.4 Å². The first kappa shape index (κ1) is 16.5. The molecule has 2 aromatic rings. The van der Waals surface area contributed by atoms with Crippen molar-refractivity contribution in [2.45, 2.75) is 25.7 Å². The van der Waals surface area contributed by atoms with E-state index in [1.807, 2.05) is 54.6 Å². The van der Waals surface area contributed by atoms with Gasteiger partial charge in [-0.3, -0.25) is 0 Å². The van der Waals surface area contributed by atoms with E-state index in [9.17, 15) is 5.11 Å². The Hall–Kier alpha value is -1.55. The van der Waals surface area contributed by atoms with Crippen molar-refractivity contribution in [3.05, 3.63) is 65.7 Å². The van der Waals surface area contributed by atoms with Gasteiger partial charge in [-0.2, -0.15) is 0 Å². The molecule has 0 aliphatic rings. The number of ether oxygens (including phenoxy) is 1. The summed E-state index contributed by atoms with van der Waals surface area (Å²) in [5.74, 6) is 0.722. The number of nitrogens with two attached hydrogens (primary N) is 1. The number of benzene rings is 2. The molecular formula is C16H20ClNO2. The average molecular weight is 294 g/mol. The molecule has 0 radical (unpaired) electrons. The van der Waals surface area contributed by atoms with E-state index in [-0.39, 0.29) is 12.4 Å². The van der Waals surface area contributed by atoms with Crippen molar-refractivity contribution in [3.63, 3.8) is 0 Å². The Labute approximate surface area is 125 Å². The third-order valence-corrected chi connectivity index (χ3v) is 3.04. The van der Waals surface area contributed by atoms with E-state index in [4.69, 9.17) is 10.5 Å². The first-order valence-electron chi connectivity index (χ1n) is 6.38. The summed E-state index contributed by atoms with van der Waals surface area (Å²) >= 11 is 0. The molecule has 0 amide bonds. The van der Waals surface area contributed by atoms with Crippen molar-refractivity contribution in [2.75, 3.05) is 0 Å². The maximum atomic E-state index is 9.60. The van der Waals surface area contributed by atoms with E-state index in [1.54, 1.807) is 6.92 Å². The highest BCUT2D eigenvalue weighted by Crippen LogP contribution is 2.26. The van der Waals surface area contributed by atoms with Gasteiger partial charge in [-0.05, 0) is 18.6 Å². The monoisotopic (exact) mass is 293 g/mol. The van der Waals surface area contributed by atoms with Gasteiger partial charge in [0.2, 0.25) is 0 Å². The van der Waals surface area contributed by atoms with E-state index in [0.717, 1.165) is 16.9 Å². The molecule has 0 unspecified atom stereocenters. The Balaban J connectivity index is 0.00000200. The molecule has 0 aliphatic heterocycles. The van der Waals surface area contributed by atoms with Crippen molar-refractivity contribution in [2.24, 2.45) is 5.73 Å². The Kier molecular flexibility index (Phi) is 6.52. The SMILES string of the molecule is C[C@@H](O)[C@@H](N)c1ccccc1OCc1ccccc1.Cl. The van der Waals surface area contributed by atoms with E-state index in [1.165, 1.54) is 0 Å². The molecular weight excluding hydrogens is 274 g/mol. The Morgan fingerprint density at radius 2 is 1.65 bits per heavy atom. The first-order valence-corrected chi connectivity index (χ1v) is 6.38. The third-order valence-electron chi connectivity index (χ3n) is 3.04. The second-order valence-corrected chi connectivity index (χ2v) is 4.58. The van der Waals surface area contributed by atoms with E-state index in [2.05, 4.69) is 0 Å². The number of hydrogen-bond donors (Lipinski definition) is 2. The highest BCUT2D eigenvalue weighted by Gasteiger charge is 2.16. The zero-order chi connectivity index (χ0) is 13.7. The molecule has 108 valence electrons. The van der Waals surface area contributed by atoms with Gasteiger partial charge < -0.3 is 15.6 Å². The lowest BCUT2D eigenvalue weighted by molar-refractivity contribution is 0.161. The molecule has 3 N–H and O–H groups in total. The molecule has 0 fully saturated rings. The van der Waals surface area contributed by atoms with Crippen LogP contribution in [-0.4, -0.2) is 11.2 Å². The van der Waals surface area contributed by atoms with Gasteiger partial charge in [0.25, 0.3) is 0 Å². The number of hydrogen-bond acceptors (Lipinski definition) is 3. The van der Waals surface area contributed by atoms with Crippen molar-refractivity contribution < 1.29 is 9.84 Å². The van der Waals surface area contributed by atoms with Crippen LogP contribution in [0.1, 0.15) is 24.1 Å². The largest absolute Gasteiger partial charge is 0.489 e. The van der Waals surface area contributed by atoms with Crippen LogP contribution in [0.15, 0.2) is 54.6 Å². The van der Waals surface area contributed by atoms with Crippen LogP contribution < -0.4 is 10.5 Å². The fraction of sp³-hybridized carbons (Fsp3) is 0.250. The lowest BCUT2D eigenvalue weighted by Gasteiger charge is -2.19. The molecule has 0 saturated carbocycles. The van der Waals surface area contributed by atoms with Crippen LogP contribution in [0, 0.1) is 0 Å². The van der Waals surface area contributed by atoms with Gasteiger partial charge in [-0.15, -0.1) is 12.4 Å². The predicted octanol–water partition coefficient (Wildman–Crippen LogP) is 3.07. The summed E-state index contributed by atoms with van der Waals surface area (Å²) in [4.78, 5) is 0. The van der Waals surface area contributed by atoms with Crippen molar-refractivity contribution in [1.82, 2.24) is 0 Å². The van der Waals surface area contributed by atoms with E-state index >= 15 is 0 Å². The fourth-order valence-electron chi connectivity index (χ4n) is 1.88. The van der Waals surface area contributed by atoms with Gasteiger partial charge in [0.05, 0.1) is 12.1 Å². The van der Waals surface area contributed by atoms with Gasteiger partial charge in [0.15, 0.2) is 0 Å². The summed E-state index contributed by atoms with van der Waals surface area (Å²) in [5, 5.41) is 9.60. The van der Waals surface area contributed by atoms with Gasteiger partial charge in [-0.1, -0.05) is 48.5 Å². The van der Waals surface area contributed by atoms with Crippen molar-refractivity contribution in [3.8, 4) is 5.75 Å². The molecule has 2 atom stereocenters. The van der Waals surface area contributed by atoms with Crippen LogP contribution in [0.5, 0.6) is 5.75 Å². The molecule has 4 heteroatoms. The number of rotatable bonds is 5. The molecule has 0 bridgehead atoms. The van der Waals surface area contributed by atoms with Gasteiger partial charge in [-0.25, -0.2) is 0 Å². The van der Waals surface area contributed by atoms with E-state index < -0.39 is 12.1 Å². The number of halogens is 1. The zero-order valence-electron chi connectivity index (χ0n) is 11.4. The first-order chi connectivity index (χ1) is 9.18. The Morgan fingerprint density at radius 1 is 1.05 bits per heavy atom. The lowest BCUT2D eigenvalue weighted by Crippen LogP contribution is -2.23. The smallest absolute Gasteiger partial charge is 0.124 e. The molecule has 0 aromatic heterocycles. The topological polar surface area (TPSA) is 55.5 Å². The molecule has 3 nitrogen and oxygen atoms in total. The highest BCUT2D eigenvalue weighted by atomic mass is 35.5. The quantitative estimate of drug-likeness (QED) is 0.891. The number of aliphatic hydroxyl groups is 1. The average Bonchev–Trinajstić information content (AvgIpc) is 2.45. The minimum atomic E-state index is -0.610. The Bertz CT molecular complexity index is 517. The van der Waals surface area contributed by atoms with Crippen LogP contribution in [0.25, 0.3) is 0 Å². The molecule has 0 spiro atoms.